The second kappa shape index (κ2) is 5.06. The first-order chi connectivity index (χ1) is 8.12. The van der Waals surface area contributed by atoms with Crippen molar-refractivity contribution in [1.82, 2.24) is 0 Å². The zero-order valence-electron chi connectivity index (χ0n) is 9.72. The maximum atomic E-state index is 12.0. The molecule has 4 nitrogen and oxygen atoms in total. The fourth-order valence-corrected chi connectivity index (χ4v) is 3.74. The lowest BCUT2D eigenvalue weighted by atomic mass is 10.2. The summed E-state index contributed by atoms with van der Waals surface area (Å²) in [6, 6.07) is 7.20. The summed E-state index contributed by atoms with van der Waals surface area (Å²) in [4.78, 5) is 0. The fraction of sp³-hybridized carbons (Fsp3) is 0.500. The molecule has 1 aromatic carbocycles. The van der Waals surface area contributed by atoms with Crippen LogP contribution in [0.25, 0.3) is 0 Å². The van der Waals surface area contributed by atoms with E-state index in [1.807, 2.05) is 12.1 Å². The van der Waals surface area contributed by atoms with E-state index in [0.717, 1.165) is 31.2 Å². The Hall–Kier alpha value is -1.07. The first-order valence-corrected chi connectivity index (χ1v) is 7.47. The van der Waals surface area contributed by atoms with Crippen molar-refractivity contribution in [3.63, 3.8) is 0 Å². The first kappa shape index (κ1) is 12.4. The molecule has 1 aliphatic rings. The molecule has 1 aliphatic carbocycles. The average Bonchev–Trinajstić information content (AvgIpc) is 2.84. The minimum atomic E-state index is -3.21. The van der Waals surface area contributed by atoms with E-state index in [1.165, 1.54) is 0 Å². The molecule has 0 heterocycles. The van der Waals surface area contributed by atoms with Gasteiger partial charge < -0.3 is 5.73 Å². The van der Waals surface area contributed by atoms with Crippen LogP contribution in [0.15, 0.2) is 24.3 Å². The second-order valence-electron chi connectivity index (χ2n) is 4.45. The molecule has 2 rings (SSSR count). The quantitative estimate of drug-likeness (QED) is 0.861. The minimum Gasteiger partial charge on any atom is -0.326 e. The number of hydrogen-bond acceptors (Lipinski definition) is 3. The molecule has 0 amide bonds. The molecule has 0 aliphatic heterocycles. The Morgan fingerprint density at radius 3 is 2.29 bits per heavy atom. The van der Waals surface area contributed by atoms with Crippen molar-refractivity contribution < 1.29 is 8.42 Å². The largest absolute Gasteiger partial charge is 0.326 e. The molecule has 94 valence electrons. The molecule has 0 unspecified atom stereocenters. The standard InChI is InChI=1S/C12H18N2O2S/c13-9-10-5-7-11(8-6-10)14-17(15,16)12-3-1-2-4-12/h5-8,12,14H,1-4,9,13H2. The van der Waals surface area contributed by atoms with Crippen molar-refractivity contribution in [2.24, 2.45) is 5.73 Å². The lowest BCUT2D eigenvalue weighted by molar-refractivity contribution is 0.585. The van der Waals surface area contributed by atoms with Crippen LogP contribution in [0, 0.1) is 0 Å². The number of anilines is 1. The Balaban J connectivity index is 2.08. The Bertz CT molecular complexity index is 462. The van der Waals surface area contributed by atoms with E-state index in [-0.39, 0.29) is 5.25 Å². The normalized spacial score (nSPS) is 17.2. The van der Waals surface area contributed by atoms with Gasteiger partial charge in [-0.05, 0) is 30.5 Å². The summed E-state index contributed by atoms with van der Waals surface area (Å²) in [5.41, 5.74) is 7.10. The molecule has 0 atom stereocenters. The zero-order valence-corrected chi connectivity index (χ0v) is 10.5. The Morgan fingerprint density at radius 1 is 1.18 bits per heavy atom. The maximum Gasteiger partial charge on any atom is 0.235 e. The highest BCUT2D eigenvalue weighted by Gasteiger charge is 2.28. The monoisotopic (exact) mass is 254 g/mol. The van der Waals surface area contributed by atoms with E-state index in [1.54, 1.807) is 12.1 Å². The van der Waals surface area contributed by atoms with Crippen molar-refractivity contribution in [2.45, 2.75) is 37.5 Å². The van der Waals surface area contributed by atoms with Gasteiger partial charge in [0.25, 0.3) is 0 Å². The van der Waals surface area contributed by atoms with Crippen LogP contribution in [-0.2, 0) is 16.6 Å². The first-order valence-electron chi connectivity index (χ1n) is 5.92. The SMILES string of the molecule is NCc1ccc(NS(=O)(=O)C2CCCC2)cc1. The van der Waals surface area contributed by atoms with Gasteiger partial charge in [-0.2, -0.15) is 0 Å². The lowest BCUT2D eigenvalue weighted by Crippen LogP contribution is -2.25. The third-order valence-electron chi connectivity index (χ3n) is 3.19. The van der Waals surface area contributed by atoms with Gasteiger partial charge in [0.15, 0.2) is 0 Å². The molecule has 0 saturated heterocycles. The van der Waals surface area contributed by atoms with E-state index < -0.39 is 10.0 Å². The van der Waals surface area contributed by atoms with Gasteiger partial charge in [-0.3, -0.25) is 4.72 Å². The highest BCUT2D eigenvalue weighted by Crippen LogP contribution is 2.26. The van der Waals surface area contributed by atoms with Crippen molar-refractivity contribution >= 4 is 15.7 Å². The molecule has 5 heteroatoms. The predicted molar refractivity (Wildman–Crippen MR) is 69.1 cm³/mol. The predicted octanol–water partition coefficient (Wildman–Crippen LogP) is 1.83. The van der Waals surface area contributed by atoms with Crippen LogP contribution in [0.4, 0.5) is 5.69 Å². The summed E-state index contributed by atoms with van der Waals surface area (Å²) in [6.07, 6.45) is 3.57. The maximum absolute atomic E-state index is 12.0. The van der Waals surface area contributed by atoms with Crippen LogP contribution in [0.3, 0.4) is 0 Å². The summed E-state index contributed by atoms with van der Waals surface area (Å²) < 4.78 is 26.7. The van der Waals surface area contributed by atoms with Crippen LogP contribution < -0.4 is 10.5 Å². The topological polar surface area (TPSA) is 72.2 Å². The smallest absolute Gasteiger partial charge is 0.235 e. The van der Waals surface area contributed by atoms with Crippen molar-refractivity contribution in [1.29, 1.82) is 0 Å². The molecular weight excluding hydrogens is 236 g/mol. The second-order valence-corrected chi connectivity index (χ2v) is 6.42. The molecule has 17 heavy (non-hydrogen) atoms. The number of sulfonamides is 1. The van der Waals surface area contributed by atoms with Crippen molar-refractivity contribution in [3.8, 4) is 0 Å². The average molecular weight is 254 g/mol. The summed E-state index contributed by atoms with van der Waals surface area (Å²) >= 11 is 0. The van der Waals surface area contributed by atoms with Gasteiger partial charge in [0.05, 0.1) is 5.25 Å². The highest BCUT2D eigenvalue weighted by molar-refractivity contribution is 7.93. The van der Waals surface area contributed by atoms with E-state index in [4.69, 9.17) is 5.73 Å². The Kier molecular flexibility index (Phi) is 3.69. The van der Waals surface area contributed by atoms with Crippen molar-refractivity contribution in [3.05, 3.63) is 29.8 Å². The minimum absolute atomic E-state index is 0.225. The summed E-state index contributed by atoms with van der Waals surface area (Å²) in [5, 5.41) is -0.225. The van der Waals surface area contributed by atoms with Crippen molar-refractivity contribution in [2.75, 3.05) is 4.72 Å². The molecule has 1 saturated carbocycles. The number of nitrogens with one attached hydrogen (secondary N) is 1. The molecule has 0 radical (unpaired) electrons. The third kappa shape index (κ3) is 2.98. The molecule has 1 fully saturated rings. The number of benzene rings is 1. The van der Waals surface area contributed by atoms with Crippen LogP contribution in [0.5, 0.6) is 0 Å². The van der Waals surface area contributed by atoms with Crippen LogP contribution in [0.1, 0.15) is 31.2 Å². The van der Waals surface area contributed by atoms with Gasteiger partial charge in [0, 0.05) is 12.2 Å². The van der Waals surface area contributed by atoms with Gasteiger partial charge in [0.2, 0.25) is 10.0 Å². The van der Waals surface area contributed by atoms with Gasteiger partial charge in [-0.15, -0.1) is 0 Å². The van der Waals surface area contributed by atoms with Crippen LogP contribution >= 0.6 is 0 Å². The van der Waals surface area contributed by atoms with Gasteiger partial charge in [-0.25, -0.2) is 8.42 Å². The fourth-order valence-electron chi connectivity index (χ4n) is 2.16. The van der Waals surface area contributed by atoms with Gasteiger partial charge >= 0.3 is 0 Å². The van der Waals surface area contributed by atoms with E-state index in [0.29, 0.717) is 12.2 Å². The molecule has 3 N–H and O–H groups in total. The zero-order chi connectivity index (χ0) is 12.3. The number of rotatable bonds is 4. The van der Waals surface area contributed by atoms with E-state index >= 15 is 0 Å². The Morgan fingerprint density at radius 2 is 1.76 bits per heavy atom. The number of hydrogen-bond donors (Lipinski definition) is 2. The van der Waals surface area contributed by atoms with Gasteiger partial charge in [-0.1, -0.05) is 25.0 Å². The van der Waals surface area contributed by atoms with Crippen LogP contribution in [-0.4, -0.2) is 13.7 Å². The van der Waals surface area contributed by atoms with E-state index in [9.17, 15) is 8.42 Å². The highest BCUT2D eigenvalue weighted by atomic mass is 32.2. The summed E-state index contributed by atoms with van der Waals surface area (Å²) in [7, 11) is -3.21. The van der Waals surface area contributed by atoms with Crippen LogP contribution in [0.2, 0.25) is 0 Å². The lowest BCUT2D eigenvalue weighted by Gasteiger charge is -2.13. The molecule has 1 aromatic rings. The van der Waals surface area contributed by atoms with E-state index in [2.05, 4.69) is 4.72 Å². The van der Waals surface area contributed by atoms with Gasteiger partial charge in [0.1, 0.15) is 0 Å². The molecular formula is C12H18N2O2S. The Labute approximate surface area is 102 Å². The summed E-state index contributed by atoms with van der Waals surface area (Å²) in [6.45, 7) is 0.468. The third-order valence-corrected chi connectivity index (χ3v) is 5.06. The number of nitrogens with two attached hydrogens (primary N) is 1. The summed E-state index contributed by atoms with van der Waals surface area (Å²) in [5.74, 6) is 0. The molecule has 0 spiro atoms. The molecule has 0 aromatic heterocycles. The molecule has 0 bridgehead atoms.